The number of likely N-dealkylation sites (tertiary alicyclic amines) is 2. The molecule has 2 aliphatic heterocycles. The highest BCUT2D eigenvalue weighted by atomic mass is 16.6. The lowest BCUT2D eigenvalue weighted by molar-refractivity contribution is -0.144. The van der Waals surface area contributed by atoms with Crippen molar-refractivity contribution >= 4 is 24.1 Å². The van der Waals surface area contributed by atoms with E-state index in [1.165, 1.54) is 9.80 Å². The van der Waals surface area contributed by atoms with Gasteiger partial charge in [0, 0.05) is 18.5 Å². The molecule has 192 valence electrons. The first kappa shape index (κ1) is 26.1. The van der Waals surface area contributed by atoms with Crippen LogP contribution in [-0.2, 0) is 19.1 Å². The van der Waals surface area contributed by atoms with Crippen LogP contribution in [0.4, 0.5) is 9.59 Å². The van der Waals surface area contributed by atoms with Gasteiger partial charge in [0.05, 0.1) is 0 Å². The molecule has 4 fully saturated rings. The molecule has 1 unspecified atom stereocenters. The van der Waals surface area contributed by atoms with Crippen molar-refractivity contribution in [3.63, 3.8) is 0 Å². The van der Waals surface area contributed by atoms with Crippen molar-refractivity contribution in [2.24, 2.45) is 10.8 Å². The quantitative estimate of drug-likeness (QED) is 0.608. The van der Waals surface area contributed by atoms with Crippen LogP contribution in [0.5, 0.6) is 0 Å². The van der Waals surface area contributed by atoms with Gasteiger partial charge in [-0.15, -0.1) is 0 Å². The van der Waals surface area contributed by atoms with Gasteiger partial charge in [0.25, 0.3) is 0 Å². The molecule has 2 atom stereocenters. The van der Waals surface area contributed by atoms with Crippen molar-refractivity contribution in [3.05, 3.63) is 0 Å². The summed E-state index contributed by atoms with van der Waals surface area (Å²) in [6, 6.07) is -1.41. The Labute approximate surface area is 200 Å². The Morgan fingerprint density at radius 2 is 1.26 bits per heavy atom. The molecule has 0 aromatic carbocycles. The van der Waals surface area contributed by atoms with Crippen LogP contribution in [0.25, 0.3) is 0 Å². The average molecular weight is 483 g/mol. The second-order valence-electron chi connectivity index (χ2n) is 12.2. The summed E-state index contributed by atoms with van der Waals surface area (Å²) in [4.78, 5) is 49.1. The molecule has 2 saturated carbocycles. The number of carbonyl (C=O) groups is 4. The molecule has 10 nitrogen and oxygen atoms in total. The van der Waals surface area contributed by atoms with Gasteiger partial charge in [-0.3, -0.25) is 9.80 Å². The summed E-state index contributed by atoms with van der Waals surface area (Å²) in [7, 11) is 0. The maximum Gasteiger partial charge on any atom is 0.411 e. The third-order valence-electron chi connectivity index (χ3n) is 6.87. The number of aliphatic carboxylic acids is 2. The molecule has 0 bridgehead atoms. The van der Waals surface area contributed by atoms with E-state index in [2.05, 4.69) is 0 Å². The van der Waals surface area contributed by atoms with E-state index in [9.17, 15) is 24.3 Å². The van der Waals surface area contributed by atoms with E-state index in [0.717, 1.165) is 32.1 Å². The average Bonchev–Trinajstić information content (AvgIpc) is 3.48. The minimum Gasteiger partial charge on any atom is -0.480 e. The molecule has 34 heavy (non-hydrogen) atoms. The fourth-order valence-corrected chi connectivity index (χ4v) is 4.86. The van der Waals surface area contributed by atoms with E-state index in [-0.39, 0.29) is 10.8 Å². The first-order chi connectivity index (χ1) is 15.5. The zero-order valence-corrected chi connectivity index (χ0v) is 21.0. The summed E-state index contributed by atoms with van der Waals surface area (Å²) in [5, 5.41) is 18.4. The SMILES string of the molecule is CC(C)(C)OC(=O)N1CC2(CC2)CC1C(=O)O.CC(C)(C)OC(=O)N1CCC2(CC2)[C@@H]1C(=O)O. The largest absolute Gasteiger partial charge is 0.480 e. The molecule has 2 spiro atoms. The Bertz CT molecular complexity index is 822. The van der Waals surface area contributed by atoms with Crippen LogP contribution in [0.3, 0.4) is 0 Å². The van der Waals surface area contributed by atoms with E-state index in [1.54, 1.807) is 41.5 Å². The summed E-state index contributed by atoms with van der Waals surface area (Å²) in [6.45, 7) is 11.7. The number of carboxylic acids is 2. The molecule has 0 aromatic rings. The molecule has 2 amide bonds. The number of amides is 2. The Kier molecular flexibility index (Phi) is 6.60. The van der Waals surface area contributed by atoms with E-state index in [4.69, 9.17) is 14.6 Å². The van der Waals surface area contributed by atoms with Gasteiger partial charge in [-0.25, -0.2) is 19.2 Å². The lowest BCUT2D eigenvalue weighted by Gasteiger charge is -2.28. The van der Waals surface area contributed by atoms with Crippen molar-refractivity contribution in [2.45, 2.75) is 103 Å². The fraction of sp³-hybridized carbons (Fsp3) is 0.833. The third kappa shape index (κ3) is 5.93. The molecule has 2 saturated heterocycles. The summed E-state index contributed by atoms with van der Waals surface area (Å²) in [5.41, 5.74) is -1.26. The van der Waals surface area contributed by atoms with Crippen LogP contribution in [0, 0.1) is 10.8 Å². The predicted molar refractivity (Wildman–Crippen MR) is 121 cm³/mol. The van der Waals surface area contributed by atoms with Crippen molar-refractivity contribution < 1.29 is 38.9 Å². The molecule has 0 radical (unpaired) electrons. The van der Waals surface area contributed by atoms with Crippen LogP contribution in [0.15, 0.2) is 0 Å². The minimum absolute atomic E-state index is 0.0694. The first-order valence-corrected chi connectivity index (χ1v) is 11.9. The lowest BCUT2D eigenvalue weighted by Crippen LogP contribution is -2.46. The zero-order chi connectivity index (χ0) is 25.7. The monoisotopic (exact) mass is 482 g/mol. The van der Waals surface area contributed by atoms with Gasteiger partial charge in [-0.2, -0.15) is 0 Å². The minimum atomic E-state index is -0.931. The lowest BCUT2D eigenvalue weighted by atomic mass is 9.97. The van der Waals surface area contributed by atoms with Gasteiger partial charge < -0.3 is 19.7 Å². The number of rotatable bonds is 2. The smallest absolute Gasteiger partial charge is 0.411 e. The molecule has 4 rings (SSSR count). The summed E-state index contributed by atoms with van der Waals surface area (Å²) >= 11 is 0. The first-order valence-electron chi connectivity index (χ1n) is 11.9. The van der Waals surface area contributed by atoms with E-state index in [0.29, 0.717) is 19.5 Å². The Morgan fingerprint density at radius 3 is 1.65 bits per heavy atom. The second-order valence-corrected chi connectivity index (χ2v) is 12.2. The summed E-state index contributed by atoms with van der Waals surface area (Å²) in [6.07, 6.45) is 4.20. The van der Waals surface area contributed by atoms with Crippen molar-refractivity contribution in [2.75, 3.05) is 13.1 Å². The topological polar surface area (TPSA) is 134 Å². The van der Waals surface area contributed by atoms with Gasteiger partial charge in [-0.1, -0.05) is 0 Å². The summed E-state index contributed by atoms with van der Waals surface area (Å²) < 4.78 is 10.5. The van der Waals surface area contributed by atoms with Crippen molar-refractivity contribution in [1.82, 2.24) is 9.80 Å². The summed E-state index contributed by atoms with van der Waals surface area (Å²) in [5.74, 6) is -1.84. The zero-order valence-electron chi connectivity index (χ0n) is 21.0. The standard InChI is InChI=1S/2C12H19NO4/c1-11(2,3)17-10(16)13-7-12(4-5-12)6-8(13)9(14)15;1-11(2,3)17-10(16)13-7-6-12(4-5-12)8(13)9(14)15/h2*8H,4-7H2,1-3H3,(H,14,15)/t;8-/m.0/s1. The number of carboxylic acid groups (broad SMARTS) is 2. The highest BCUT2D eigenvalue weighted by Gasteiger charge is 2.60. The molecule has 2 heterocycles. The Morgan fingerprint density at radius 1 is 0.765 bits per heavy atom. The predicted octanol–water partition coefficient (Wildman–Crippen LogP) is 3.72. The number of hydrogen-bond acceptors (Lipinski definition) is 6. The number of ether oxygens (including phenoxy) is 2. The van der Waals surface area contributed by atoms with Crippen molar-refractivity contribution in [3.8, 4) is 0 Å². The van der Waals surface area contributed by atoms with Gasteiger partial charge in [-0.05, 0) is 85.5 Å². The molecule has 10 heteroatoms. The molecule has 2 aliphatic carbocycles. The molecule has 2 N–H and O–H groups in total. The van der Waals surface area contributed by atoms with Crippen LogP contribution >= 0.6 is 0 Å². The third-order valence-corrected chi connectivity index (χ3v) is 6.87. The van der Waals surface area contributed by atoms with Crippen LogP contribution in [-0.4, -0.2) is 80.5 Å². The second kappa shape index (κ2) is 8.61. The van der Waals surface area contributed by atoms with Gasteiger partial charge >= 0.3 is 24.1 Å². The normalized spacial score (nSPS) is 26.1. The maximum absolute atomic E-state index is 11.9. The van der Waals surface area contributed by atoms with Gasteiger partial charge in [0.15, 0.2) is 0 Å². The molecular formula is C24H38N2O8. The maximum atomic E-state index is 11.9. The highest BCUT2D eigenvalue weighted by Crippen LogP contribution is 2.57. The molecule has 4 aliphatic rings. The van der Waals surface area contributed by atoms with Gasteiger partial charge in [0.1, 0.15) is 23.3 Å². The van der Waals surface area contributed by atoms with Gasteiger partial charge in [0.2, 0.25) is 0 Å². The Balaban J connectivity index is 0.000000191. The molecular weight excluding hydrogens is 444 g/mol. The number of nitrogens with zero attached hydrogens (tertiary/aromatic N) is 2. The van der Waals surface area contributed by atoms with Crippen molar-refractivity contribution in [1.29, 1.82) is 0 Å². The van der Waals surface area contributed by atoms with Crippen LogP contribution in [0.1, 0.15) is 80.1 Å². The number of carbonyl (C=O) groups excluding carboxylic acids is 2. The fourth-order valence-electron chi connectivity index (χ4n) is 4.86. The number of hydrogen-bond donors (Lipinski definition) is 2. The van der Waals surface area contributed by atoms with E-state index >= 15 is 0 Å². The van der Waals surface area contributed by atoms with Crippen LogP contribution in [0.2, 0.25) is 0 Å². The van der Waals surface area contributed by atoms with E-state index in [1.807, 2.05) is 0 Å². The van der Waals surface area contributed by atoms with Crippen LogP contribution < -0.4 is 0 Å². The molecule has 0 aromatic heterocycles. The van der Waals surface area contributed by atoms with E-state index < -0.39 is 47.4 Å². The Hall–Kier alpha value is -2.52. The highest BCUT2D eigenvalue weighted by molar-refractivity contribution is 5.83.